The van der Waals surface area contributed by atoms with Gasteiger partial charge in [0.05, 0.1) is 5.56 Å². The van der Waals surface area contributed by atoms with E-state index < -0.39 is 18.5 Å². The quantitative estimate of drug-likeness (QED) is 0.557. The van der Waals surface area contributed by atoms with Crippen LogP contribution in [-0.4, -0.2) is 35.0 Å². The molecule has 1 aliphatic carbocycles. The fourth-order valence-electron chi connectivity index (χ4n) is 3.47. The van der Waals surface area contributed by atoms with Crippen LogP contribution in [0.5, 0.6) is 0 Å². The Balaban J connectivity index is 1.31. The lowest BCUT2D eigenvalue weighted by Gasteiger charge is -2.11. The lowest BCUT2D eigenvalue weighted by molar-refractivity contribution is -0.119. The molecule has 2 amide bonds. The second-order valence-electron chi connectivity index (χ2n) is 7.95. The number of amides is 2. The number of nitrogens with zero attached hydrogens (tertiary/aromatic N) is 1. The number of esters is 1. The molecule has 0 aliphatic heterocycles. The second-order valence-corrected chi connectivity index (χ2v) is 7.95. The van der Waals surface area contributed by atoms with E-state index in [-0.39, 0.29) is 11.9 Å². The van der Waals surface area contributed by atoms with Crippen molar-refractivity contribution in [3.8, 4) is 5.69 Å². The summed E-state index contributed by atoms with van der Waals surface area (Å²) >= 11 is 0. The molecule has 7 nitrogen and oxygen atoms in total. The molecule has 0 atom stereocenters. The summed E-state index contributed by atoms with van der Waals surface area (Å²) in [6.07, 6.45) is 2.00. The van der Waals surface area contributed by atoms with Crippen LogP contribution in [-0.2, 0) is 9.53 Å². The van der Waals surface area contributed by atoms with Gasteiger partial charge in [0, 0.05) is 34.4 Å². The van der Waals surface area contributed by atoms with Crippen molar-refractivity contribution in [3.05, 3.63) is 83.2 Å². The van der Waals surface area contributed by atoms with Crippen molar-refractivity contribution < 1.29 is 19.1 Å². The largest absolute Gasteiger partial charge is 0.452 e. The van der Waals surface area contributed by atoms with Gasteiger partial charge in [0.25, 0.3) is 11.8 Å². The molecule has 1 aromatic heterocycles. The van der Waals surface area contributed by atoms with E-state index in [9.17, 15) is 14.4 Å². The van der Waals surface area contributed by atoms with Crippen LogP contribution < -0.4 is 10.6 Å². The molecule has 1 heterocycles. The van der Waals surface area contributed by atoms with Crippen LogP contribution in [0, 0.1) is 13.8 Å². The number of ether oxygens (including phenoxy) is 1. The highest BCUT2D eigenvalue weighted by atomic mass is 16.5. The molecule has 164 valence electrons. The fraction of sp³-hybridized carbons (Fsp3) is 0.240. The average Bonchev–Trinajstić information content (AvgIpc) is 3.54. The van der Waals surface area contributed by atoms with Crippen molar-refractivity contribution in [2.75, 3.05) is 11.9 Å². The number of benzene rings is 2. The third-order valence-electron chi connectivity index (χ3n) is 5.29. The summed E-state index contributed by atoms with van der Waals surface area (Å²) in [7, 11) is 0. The maximum atomic E-state index is 12.3. The van der Waals surface area contributed by atoms with E-state index in [4.69, 9.17) is 4.74 Å². The van der Waals surface area contributed by atoms with Crippen molar-refractivity contribution in [1.29, 1.82) is 0 Å². The van der Waals surface area contributed by atoms with E-state index in [0.29, 0.717) is 16.8 Å². The summed E-state index contributed by atoms with van der Waals surface area (Å²) in [5.41, 5.74) is 4.45. The van der Waals surface area contributed by atoms with E-state index >= 15 is 0 Å². The minimum Gasteiger partial charge on any atom is -0.452 e. The number of hydrogen-bond acceptors (Lipinski definition) is 4. The third-order valence-corrected chi connectivity index (χ3v) is 5.29. The molecule has 32 heavy (non-hydrogen) atoms. The highest BCUT2D eigenvalue weighted by Gasteiger charge is 2.23. The van der Waals surface area contributed by atoms with Crippen LogP contribution in [0.4, 0.5) is 5.69 Å². The standard InChI is InChI=1S/C25H25N3O4/c1-16-6-7-17(2)28(16)22-12-8-18(9-13-22)25(31)32-15-23(29)26-21-5-3-4-19(14-21)24(30)27-20-10-11-20/h3-9,12-14,20H,10-11,15H2,1-2H3,(H,26,29)(H,27,30). The molecule has 1 saturated carbocycles. The number of carbonyl (C=O) groups is 3. The Morgan fingerprint density at radius 2 is 1.62 bits per heavy atom. The van der Waals surface area contributed by atoms with Crippen LogP contribution in [0.1, 0.15) is 44.9 Å². The van der Waals surface area contributed by atoms with Gasteiger partial charge in [-0.1, -0.05) is 6.07 Å². The van der Waals surface area contributed by atoms with Gasteiger partial charge in [-0.25, -0.2) is 4.79 Å². The highest BCUT2D eigenvalue weighted by Crippen LogP contribution is 2.20. The minimum absolute atomic E-state index is 0.163. The van der Waals surface area contributed by atoms with E-state index in [1.807, 2.05) is 38.1 Å². The van der Waals surface area contributed by atoms with E-state index in [2.05, 4.69) is 15.2 Å². The molecule has 0 saturated heterocycles. The van der Waals surface area contributed by atoms with E-state index in [0.717, 1.165) is 29.9 Å². The van der Waals surface area contributed by atoms with Crippen LogP contribution >= 0.6 is 0 Å². The van der Waals surface area contributed by atoms with Gasteiger partial charge in [-0.15, -0.1) is 0 Å². The first-order valence-electron chi connectivity index (χ1n) is 10.5. The molecule has 4 rings (SSSR count). The van der Waals surface area contributed by atoms with Crippen molar-refractivity contribution >= 4 is 23.5 Å². The lowest BCUT2D eigenvalue weighted by atomic mass is 10.2. The zero-order valence-corrected chi connectivity index (χ0v) is 18.1. The molecule has 0 bridgehead atoms. The predicted molar refractivity (Wildman–Crippen MR) is 121 cm³/mol. The van der Waals surface area contributed by atoms with Gasteiger partial charge in [-0.05, 0) is 81.3 Å². The monoisotopic (exact) mass is 431 g/mol. The Kier molecular flexibility index (Phi) is 6.07. The molecule has 7 heteroatoms. The Hall–Kier alpha value is -3.87. The molecular weight excluding hydrogens is 406 g/mol. The second kappa shape index (κ2) is 9.09. The van der Waals surface area contributed by atoms with E-state index in [1.165, 1.54) is 0 Å². The number of aromatic nitrogens is 1. The van der Waals surface area contributed by atoms with Gasteiger partial charge in [0.2, 0.25) is 0 Å². The Morgan fingerprint density at radius 3 is 2.28 bits per heavy atom. The molecule has 0 spiro atoms. The van der Waals surface area contributed by atoms with Gasteiger partial charge in [-0.3, -0.25) is 9.59 Å². The summed E-state index contributed by atoms with van der Waals surface area (Å²) in [4.78, 5) is 36.7. The zero-order valence-electron chi connectivity index (χ0n) is 18.1. The number of carbonyl (C=O) groups excluding carboxylic acids is 3. The summed E-state index contributed by atoms with van der Waals surface area (Å²) in [5, 5.41) is 5.56. The number of nitrogens with one attached hydrogen (secondary N) is 2. The molecule has 0 radical (unpaired) electrons. The normalized spacial score (nSPS) is 12.8. The number of aryl methyl sites for hydroxylation is 2. The highest BCUT2D eigenvalue weighted by molar-refractivity contribution is 5.98. The molecule has 2 N–H and O–H groups in total. The molecular formula is C25H25N3O4. The van der Waals surface area contributed by atoms with Crippen LogP contribution in [0.15, 0.2) is 60.7 Å². The Labute approximate surface area is 186 Å². The van der Waals surface area contributed by atoms with Crippen molar-refractivity contribution in [2.24, 2.45) is 0 Å². The maximum Gasteiger partial charge on any atom is 0.338 e. The Morgan fingerprint density at radius 1 is 0.938 bits per heavy atom. The van der Waals surface area contributed by atoms with Gasteiger partial charge >= 0.3 is 5.97 Å². The maximum absolute atomic E-state index is 12.3. The third kappa shape index (κ3) is 5.06. The first-order chi connectivity index (χ1) is 15.4. The summed E-state index contributed by atoms with van der Waals surface area (Å²) in [6, 6.07) is 18.0. The molecule has 0 unspecified atom stereocenters. The smallest absolute Gasteiger partial charge is 0.338 e. The topological polar surface area (TPSA) is 89.4 Å². The summed E-state index contributed by atoms with van der Waals surface area (Å²) < 4.78 is 7.23. The first kappa shape index (κ1) is 21.4. The SMILES string of the molecule is Cc1ccc(C)n1-c1ccc(C(=O)OCC(=O)Nc2cccc(C(=O)NC3CC3)c2)cc1. The summed E-state index contributed by atoms with van der Waals surface area (Å²) in [6.45, 7) is 3.61. The fourth-order valence-corrected chi connectivity index (χ4v) is 3.47. The van der Waals surface area contributed by atoms with Crippen LogP contribution in [0.3, 0.4) is 0 Å². The number of anilines is 1. The lowest BCUT2D eigenvalue weighted by Crippen LogP contribution is -2.25. The van der Waals surface area contributed by atoms with Crippen molar-refractivity contribution in [2.45, 2.75) is 32.7 Å². The molecule has 3 aromatic rings. The molecule has 1 fully saturated rings. The van der Waals surface area contributed by atoms with Crippen molar-refractivity contribution in [3.63, 3.8) is 0 Å². The predicted octanol–water partition coefficient (Wildman–Crippen LogP) is 3.78. The number of hydrogen-bond donors (Lipinski definition) is 2. The van der Waals surface area contributed by atoms with Gasteiger partial charge in [-0.2, -0.15) is 0 Å². The van der Waals surface area contributed by atoms with Crippen LogP contribution in [0.2, 0.25) is 0 Å². The Bertz CT molecular complexity index is 1140. The zero-order chi connectivity index (χ0) is 22.7. The molecule has 2 aromatic carbocycles. The number of rotatable bonds is 7. The summed E-state index contributed by atoms with van der Waals surface area (Å²) in [5.74, 6) is -1.22. The van der Waals surface area contributed by atoms with Gasteiger partial charge in [0.1, 0.15) is 0 Å². The van der Waals surface area contributed by atoms with Crippen molar-refractivity contribution in [1.82, 2.24) is 9.88 Å². The van der Waals surface area contributed by atoms with Crippen LogP contribution in [0.25, 0.3) is 5.69 Å². The van der Waals surface area contributed by atoms with Gasteiger partial charge in [0.15, 0.2) is 6.61 Å². The average molecular weight is 431 g/mol. The van der Waals surface area contributed by atoms with E-state index in [1.54, 1.807) is 36.4 Å². The first-order valence-corrected chi connectivity index (χ1v) is 10.5. The molecule has 1 aliphatic rings. The minimum atomic E-state index is -0.579. The van der Waals surface area contributed by atoms with Gasteiger partial charge < -0.3 is 19.9 Å².